The number of sulfonamides is 1. The number of hydrogen-bond acceptors (Lipinski definition) is 5. The molecule has 0 heterocycles. The van der Waals surface area contributed by atoms with Crippen molar-refractivity contribution in [2.45, 2.75) is 4.90 Å². The summed E-state index contributed by atoms with van der Waals surface area (Å²) in [5, 5.41) is 0. The SMILES string of the molecule is NC(=O)OCCNS(=O)(=O)c1ccc(Br)c(N)c1. The molecule has 0 aliphatic carbocycles. The van der Waals surface area contributed by atoms with E-state index in [2.05, 4.69) is 25.4 Å². The second-order valence-electron chi connectivity index (χ2n) is 3.25. The van der Waals surface area contributed by atoms with Gasteiger partial charge in [-0.15, -0.1) is 0 Å². The van der Waals surface area contributed by atoms with Gasteiger partial charge in [0.05, 0.1) is 4.90 Å². The molecule has 9 heteroatoms. The summed E-state index contributed by atoms with van der Waals surface area (Å²) in [6, 6.07) is 4.25. The molecule has 0 spiro atoms. The number of nitrogens with two attached hydrogens (primary N) is 2. The summed E-state index contributed by atoms with van der Waals surface area (Å²) in [6.45, 7) is -0.207. The third kappa shape index (κ3) is 4.17. The maximum absolute atomic E-state index is 11.8. The first-order valence-corrected chi connectivity index (χ1v) is 7.07. The molecule has 0 fully saturated rings. The highest BCUT2D eigenvalue weighted by atomic mass is 79.9. The second-order valence-corrected chi connectivity index (χ2v) is 5.87. The Bertz CT molecular complexity index is 547. The third-order valence-corrected chi connectivity index (χ3v) is 4.10. The standard InChI is InChI=1S/C9H12BrN3O4S/c10-7-2-1-6(5-8(7)11)18(15,16)13-3-4-17-9(12)14/h1-2,5,13H,3-4,11H2,(H2,12,14). The minimum Gasteiger partial charge on any atom is -0.448 e. The van der Waals surface area contributed by atoms with E-state index in [1.165, 1.54) is 18.2 Å². The van der Waals surface area contributed by atoms with Gasteiger partial charge in [0, 0.05) is 16.7 Å². The van der Waals surface area contributed by atoms with Gasteiger partial charge in [-0.3, -0.25) is 0 Å². The smallest absolute Gasteiger partial charge is 0.404 e. The topological polar surface area (TPSA) is 125 Å². The van der Waals surface area contributed by atoms with Crippen molar-refractivity contribution >= 4 is 37.7 Å². The molecule has 0 radical (unpaired) electrons. The lowest BCUT2D eigenvalue weighted by Gasteiger charge is -2.08. The molecule has 0 unspecified atom stereocenters. The molecular weight excluding hydrogens is 326 g/mol. The van der Waals surface area contributed by atoms with E-state index in [4.69, 9.17) is 11.5 Å². The number of halogens is 1. The van der Waals surface area contributed by atoms with Gasteiger partial charge in [-0.1, -0.05) is 0 Å². The Morgan fingerprint density at radius 3 is 2.67 bits per heavy atom. The number of anilines is 1. The van der Waals surface area contributed by atoms with Crippen molar-refractivity contribution in [1.29, 1.82) is 0 Å². The molecule has 0 aliphatic heterocycles. The van der Waals surface area contributed by atoms with Crippen LogP contribution in [0, 0.1) is 0 Å². The van der Waals surface area contributed by atoms with E-state index in [1.807, 2.05) is 0 Å². The Morgan fingerprint density at radius 1 is 1.44 bits per heavy atom. The van der Waals surface area contributed by atoms with Gasteiger partial charge < -0.3 is 16.2 Å². The lowest BCUT2D eigenvalue weighted by molar-refractivity contribution is 0.159. The van der Waals surface area contributed by atoms with E-state index in [1.54, 1.807) is 0 Å². The van der Waals surface area contributed by atoms with Crippen molar-refractivity contribution in [2.75, 3.05) is 18.9 Å². The minimum absolute atomic E-state index is 0.0299. The molecule has 0 aromatic heterocycles. The van der Waals surface area contributed by atoms with Gasteiger partial charge in [-0.2, -0.15) is 0 Å². The summed E-state index contributed by atoms with van der Waals surface area (Å²) in [4.78, 5) is 10.3. The number of carbonyl (C=O) groups is 1. The molecule has 7 nitrogen and oxygen atoms in total. The monoisotopic (exact) mass is 337 g/mol. The molecule has 0 aliphatic rings. The highest BCUT2D eigenvalue weighted by molar-refractivity contribution is 9.10. The zero-order chi connectivity index (χ0) is 13.8. The van der Waals surface area contributed by atoms with Crippen LogP contribution in [0.3, 0.4) is 0 Å². The summed E-state index contributed by atoms with van der Waals surface area (Å²) in [7, 11) is -3.68. The maximum atomic E-state index is 11.8. The summed E-state index contributed by atoms with van der Waals surface area (Å²) in [6.07, 6.45) is -0.956. The van der Waals surface area contributed by atoms with E-state index < -0.39 is 16.1 Å². The van der Waals surface area contributed by atoms with Crippen molar-refractivity contribution < 1.29 is 17.9 Å². The molecule has 0 bridgehead atoms. The normalized spacial score (nSPS) is 11.2. The Morgan fingerprint density at radius 2 is 2.11 bits per heavy atom. The largest absolute Gasteiger partial charge is 0.448 e. The van der Waals surface area contributed by atoms with Crippen LogP contribution in [0.2, 0.25) is 0 Å². The second kappa shape index (κ2) is 6.03. The molecule has 5 N–H and O–H groups in total. The van der Waals surface area contributed by atoms with Gasteiger partial charge in [0.2, 0.25) is 10.0 Å². The van der Waals surface area contributed by atoms with Crippen LogP contribution in [0.1, 0.15) is 0 Å². The van der Waals surface area contributed by atoms with E-state index >= 15 is 0 Å². The van der Waals surface area contributed by atoms with Crippen molar-refractivity contribution in [2.24, 2.45) is 5.73 Å². The third-order valence-electron chi connectivity index (χ3n) is 1.92. The number of amides is 1. The van der Waals surface area contributed by atoms with Crippen LogP contribution >= 0.6 is 15.9 Å². The van der Waals surface area contributed by atoms with Crippen LogP contribution in [0.4, 0.5) is 10.5 Å². The van der Waals surface area contributed by atoms with E-state index in [9.17, 15) is 13.2 Å². The van der Waals surface area contributed by atoms with Crippen molar-refractivity contribution in [3.8, 4) is 0 Å². The zero-order valence-electron chi connectivity index (χ0n) is 9.22. The molecule has 1 amide bonds. The van der Waals surface area contributed by atoms with Crippen molar-refractivity contribution in [3.05, 3.63) is 22.7 Å². The van der Waals surface area contributed by atoms with Crippen molar-refractivity contribution in [3.63, 3.8) is 0 Å². The van der Waals surface area contributed by atoms with Crippen LogP contribution in [-0.4, -0.2) is 27.7 Å². The van der Waals surface area contributed by atoms with Gasteiger partial charge in [0.15, 0.2) is 0 Å². The van der Waals surface area contributed by atoms with Crippen LogP contribution < -0.4 is 16.2 Å². The number of ether oxygens (including phenoxy) is 1. The van der Waals surface area contributed by atoms with Crippen LogP contribution in [0.25, 0.3) is 0 Å². The molecule has 100 valence electrons. The fourth-order valence-corrected chi connectivity index (χ4v) is 2.39. The number of benzene rings is 1. The summed E-state index contributed by atoms with van der Waals surface area (Å²) >= 11 is 3.16. The Hall–Kier alpha value is -1.32. The molecule has 1 aromatic carbocycles. The average Bonchev–Trinajstić information content (AvgIpc) is 2.28. The summed E-state index contributed by atoms with van der Waals surface area (Å²) in [5.74, 6) is 0. The van der Waals surface area contributed by atoms with Crippen LogP contribution in [0.5, 0.6) is 0 Å². The number of hydrogen-bond donors (Lipinski definition) is 3. The lowest BCUT2D eigenvalue weighted by Crippen LogP contribution is -2.29. The van der Waals surface area contributed by atoms with E-state index in [-0.39, 0.29) is 18.0 Å². The number of rotatable bonds is 5. The van der Waals surface area contributed by atoms with Gasteiger partial charge in [0.1, 0.15) is 6.61 Å². The summed E-state index contributed by atoms with van der Waals surface area (Å²) < 4.78 is 30.8. The average molecular weight is 338 g/mol. The zero-order valence-corrected chi connectivity index (χ0v) is 11.6. The van der Waals surface area contributed by atoms with E-state index in [0.29, 0.717) is 10.2 Å². The maximum Gasteiger partial charge on any atom is 0.404 e. The molecule has 0 saturated heterocycles. The van der Waals surface area contributed by atoms with E-state index in [0.717, 1.165) is 0 Å². The fraction of sp³-hybridized carbons (Fsp3) is 0.222. The quantitative estimate of drug-likeness (QED) is 0.530. The molecule has 1 aromatic rings. The van der Waals surface area contributed by atoms with Gasteiger partial charge in [-0.05, 0) is 34.1 Å². The summed E-state index contributed by atoms with van der Waals surface area (Å²) in [5.41, 5.74) is 10.6. The van der Waals surface area contributed by atoms with Crippen LogP contribution in [-0.2, 0) is 14.8 Å². The minimum atomic E-state index is -3.68. The first-order valence-electron chi connectivity index (χ1n) is 4.80. The molecule has 18 heavy (non-hydrogen) atoms. The highest BCUT2D eigenvalue weighted by Crippen LogP contribution is 2.22. The van der Waals surface area contributed by atoms with Gasteiger partial charge >= 0.3 is 6.09 Å². The number of carbonyl (C=O) groups excluding carboxylic acids is 1. The van der Waals surface area contributed by atoms with Gasteiger partial charge in [0.25, 0.3) is 0 Å². The predicted molar refractivity (Wildman–Crippen MR) is 69.3 cm³/mol. The fourth-order valence-electron chi connectivity index (χ4n) is 1.10. The molecular formula is C9H12BrN3O4S. The number of nitrogen functional groups attached to an aromatic ring is 1. The first-order chi connectivity index (χ1) is 8.33. The molecule has 0 atom stereocenters. The molecule has 0 saturated carbocycles. The lowest BCUT2D eigenvalue weighted by atomic mass is 10.3. The first kappa shape index (κ1) is 14.7. The molecule has 1 rings (SSSR count). The highest BCUT2D eigenvalue weighted by Gasteiger charge is 2.14. The predicted octanol–water partition coefficient (Wildman–Crippen LogP) is 0.405. The Balaban J connectivity index is 2.68. The van der Waals surface area contributed by atoms with Crippen LogP contribution in [0.15, 0.2) is 27.6 Å². The Kier molecular flexibility index (Phi) is 4.93. The Labute approximate surface area is 113 Å². The number of nitrogens with one attached hydrogen (secondary N) is 1. The van der Waals surface area contributed by atoms with Gasteiger partial charge in [-0.25, -0.2) is 17.9 Å². The number of primary amides is 1. The van der Waals surface area contributed by atoms with Crippen molar-refractivity contribution in [1.82, 2.24) is 4.72 Å².